The van der Waals surface area contributed by atoms with E-state index in [-0.39, 0.29) is 23.7 Å². The fraction of sp³-hybridized carbons (Fsp3) is 0.553. The smallest absolute Gasteiger partial charge is 0.406 e. The molecular formula is C38H51ClN4O4. The average Bonchev–Trinajstić information content (AvgIpc) is 3.09. The largest absolute Gasteiger partial charge is 0.453 e. The fourth-order valence-corrected chi connectivity index (χ4v) is 8.10. The van der Waals surface area contributed by atoms with E-state index in [2.05, 4.69) is 48.7 Å². The summed E-state index contributed by atoms with van der Waals surface area (Å²) in [5, 5.41) is 20.6. The number of fused-ring (bicyclic) bond motifs is 1. The number of pyridine rings is 1. The topological polar surface area (TPSA) is 104 Å². The number of likely N-dealkylation sites (tertiary alicyclic amines) is 1. The van der Waals surface area contributed by atoms with Crippen LogP contribution in [0.25, 0.3) is 22.2 Å². The molecule has 2 aliphatic rings. The number of halogens is 1. The normalized spacial score (nSPS) is 21.4. The van der Waals surface area contributed by atoms with Crippen molar-refractivity contribution in [3.8, 4) is 11.3 Å². The second kappa shape index (κ2) is 15.8. The molecule has 0 spiro atoms. The second-order valence-corrected chi connectivity index (χ2v) is 14.2. The predicted octanol–water partition coefficient (Wildman–Crippen LogP) is 7.27. The Morgan fingerprint density at radius 2 is 1.85 bits per heavy atom. The van der Waals surface area contributed by atoms with Crippen LogP contribution in [0.15, 0.2) is 48.5 Å². The number of nitrogens with zero attached hydrogens (tertiary/aromatic N) is 2. The van der Waals surface area contributed by atoms with E-state index in [1.165, 1.54) is 7.11 Å². The zero-order chi connectivity index (χ0) is 33.6. The van der Waals surface area contributed by atoms with Crippen molar-refractivity contribution in [2.24, 2.45) is 17.8 Å². The maximum atomic E-state index is 13.9. The van der Waals surface area contributed by atoms with Crippen molar-refractivity contribution in [1.29, 1.82) is 0 Å². The molecule has 0 radical (unpaired) electrons. The molecule has 8 nitrogen and oxygen atoms in total. The molecule has 47 heavy (non-hydrogen) atoms. The molecule has 0 unspecified atom stereocenters. The van der Waals surface area contributed by atoms with E-state index in [1.807, 2.05) is 36.2 Å². The Labute approximate surface area is 284 Å². The van der Waals surface area contributed by atoms with Crippen LogP contribution in [0.3, 0.4) is 0 Å². The van der Waals surface area contributed by atoms with Gasteiger partial charge in [0.1, 0.15) is 0 Å². The summed E-state index contributed by atoms with van der Waals surface area (Å²) in [6, 6.07) is 16.0. The zero-order valence-electron chi connectivity index (χ0n) is 28.4. The minimum Gasteiger partial charge on any atom is -0.453 e. The summed E-state index contributed by atoms with van der Waals surface area (Å²) >= 11 is 7.01. The van der Waals surface area contributed by atoms with Crippen LogP contribution >= 0.6 is 11.6 Å². The number of ether oxygens (including phenoxy) is 1. The summed E-state index contributed by atoms with van der Waals surface area (Å²) in [4.78, 5) is 32.9. The summed E-state index contributed by atoms with van der Waals surface area (Å²) in [7, 11) is 3.33. The van der Waals surface area contributed by atoms with Crippen LogP contribution < -0.4 is 10.6 Å². The molecule has 1 aliphatic carbocycles. The highest BCUT2D eigenvalue weighted by Crippen LogP contribution is 2.46. The Balaban J connectivity index is 1.49. The SMILES string of the molecule is CNCC1CCC(C(=O)N2CCC[C@@H]([C@@](O)(CCCNC(=O)OC)c3cccc(Cl)c3-c3ccc4cccc(C(C)C)c4n3)C2)CC1. The third-order valence-electron chi connectivity index (χ3n) is 10.4. The first kappa shape index (κ1) is 35.1. The number of piperidine rings is 1. The summed E-state index contributed by atoms with van der Waals surface area (Å²) in [6.07, 6.45) is 5.93. The Morgan fingerprint density at radius 1 is 1.09 bits per heavy atom. The Bertz CT molecular complexity index is 1540. The number of methoxy groups -OCH3 is 1. The number of amides is 2. The van der Waals surface area contributed by atoms with Crippen LogP contribution in [0.5, 0.6) is 0 Å². The fourth-order valence-electron chi connectivity index (χ4n) is 7.83. The van der Waals surface area contributed by atoms with Crippen molar-refractivity contribution in [1.82, 2.24) is 20.5 Å². The number of carbonyl (C=O) groups excluding carboxylic acids is 2. The van der Waals surface area contributed by atoms with E-state index in [9.17, 15) is 14.7 Å². The highest BCUT2D eigenvalue weighted by Gasteiger charge is 2.44. The number of aromatic nitrogens is 1. The van der Waals surface area contributed by atoms with E-state index >= 15 is 0 Å². The van der Waals surface area contributed by atoms with Crippen molar-refractivity contribution in [2.45, 2.75) is 76.7 Å². The molecule has 1 aliphatic heterocycles. The van der Waals surface area contributed by atoms with E-state index in [0.717, 1.165) is 61.5 Å². The minimum absolute atomic E-state index is 0.0397. The van der Waals surface area contributed by atoms with E-state index in [4.69, 9.17) is 21.3 Å². The first-order chi connectivity index (χ1) is 22.7. The van der Waals surface area contributed by atoms with E-state index < -0.39 is 11.7 Å². The number of alkyl carbamates (subject to hydrolysis) is 1. The van der Waals surface area contributed by atoms with Crippen molar-refractivity contribution in [2.75, 3.05) is 40.3 Å². The maximum Gasteiger partial charge on any atom is 0.406 e. The first-order valence-corrected chi connectivity index (χ1v) is 17.7. The van der Waals surface area contributed by atoms with Gasteiger partial charge in [-0.05, 0) is 100 Å². The van der Waals surface area contributed by atoms with Gasteiger partial charge in [-0.1, -0.05) is 61.8 Å². The molecule has 2 aromatic carbocycles. The summed E-state index contributed by atoms with van der Waals surface area (Å²) in [5.41, 5.74) is 2.89. The third kappa shape index (κ3) is 7.93. The number of rotatable bonds is 11. The molecular weight excluding hydrogens is 612 g/mol. The number of hydrogen-bond acceptors (Lipinski definition) is 6. The zero-order valence-corrected chi connectivity index (χ0v) is 29.1. The van der Waals surface area contributed by atoms with Crippen LogP contribution in [0.1, 0.15) is 82.3 Å². The molecule has 3 aromatic rings. The molecule has 2 amide bonds. The average molecular weight is 663 g/mol. The number of hydrogen-bond donors (Lipinski definition) is 3. The Hall–Kier alpha value is -3.20. The van der Waals surface area contributed by atoms with Crippen LogP contribution in [0.2, 0.25) is 5.02 Å². The molecule has 1 saturated carbocycles. The monoisotopic (exact) mass is 662 g/mol. The number of aliphatic hydroxyl groups is 1. The van der Waals surface area contributed by atoms with Crippen molar-refractivity contribution in [3.63, 3.8) is 0 Å². The minimum atomic E-state index is -1.32. The quantitative estimate of drug-likeness (QED) is 0.187. The molecule has 3 N–H and O–H groups in total. The van der Waals surface area contributed by atoms with Crippen LogP contribution in [0, 0.1) is 17.8 Å². The van der Waals surface area contributed by atoms with Crippen LogP contribution in [-0.2, 0) is 15.1 Å². The lowest BCUT2D eigenvalue weighted by Crippen LogP contribution is -2.50. The summed E-state index contributed by atoms with van der Waals surface area (Å²) in [5.74, 6) is 0.954. The van der Waals surface area contributed by atoms with Crippen LogP contribution in [0.4, 0.5) is 4.79 Å². The first-order valence-electron chi connectivity index (χ1n) is 17.3. The lowest BCUT2D eigenvalue weighted by molar-refractivity contribution is -0.142. The molecule has 2 fully saturated rings. The second-order valence-electron chi connectivity index (χ2n) is 13.8. The van der Waals surface area contributed by atoms with E-state index in [0.29, 0.717) is 60.2 Å². The van der Waals surface area contributed by atoms with Gasteiger partial charge in [-0.2, -0.15) is 0 Å². The van der Waals surface area contributed by atoms with Gasteiger partial charge in [0.2, 0.25) is 5.91 Å². The predicted molar refractivity (Wildman–Crippen MR) is 188 cm³/mol. The molecule has 2 atom stereocenters. The van der Waals surface area contributed by atoms with Crippen molar-refractivity contribution >= 4 is 34.5 Å². The van der Waals surface area contributed by atoms with Gasteiger partial charge in [-0.3, -0.25) is 4.79 Å². The molecule has 1 saturated heterocycles. The van der Waals surface area contributed by atoms with Gasteiger partial charge in [-0.25, -0.2) is 9.78 Å². The molecule has 254 valence electrons. The lowest BCUT2D eigenvalue weighted by Gasteiger charge is -2.44. The summed E-state index contributed by atoms with van der Waals surface area (Å²) < 4.78 is 4.77. The number of carbonyl (C=O) groups is 2. The van der Waals surface area contributed by atoms with Gasteiger partial charge in [0, 0.05) is 42.4 Å². The molecule has 2 heterocycles. The Kier molecular flexibility index (Phi) is 11.8. The van der Waals surface area contributed by atoms with Gasteiger partial charge in [0.15, 0.2) is 0 Å². The van der Waals surface area contributed by atoms with Crippen LogP contribution in [-0.4, -0.2) is 67.3 Å². The lowest BCUT2D eigenvalue weighted by atomic mass is 9.72. The van der Waals surface area contributed by atoms with Crippen molar-refractivity contribution in [3.05, 3.63) is 64.7 Å². The third-order valence-corrected chi connectivity index (χ3v) is 10.7. The van der Waals surface area contributed by atoms with Gasteiger partial charge < -0.3 is 25.4 Å². The van der Waals surface area contributed by atoms with E-state index in [1.54, 1.807) is 0 Å². The Morgan fingerprint density at radius 3 is 2.57 bits per heavy atom. The standard InChI is InChI=1S/C38H51ClN4O4/c1-25(2)30-11-5-9-27-18-19-33(42-35(27)30)34-31(12-6-13-32(34)39)38(46,20-8-21-41-37(45)47-4)29-10-7-22-43(24-29)36(44)28-16-14-26(15-17-28)23-40-3/h5-6,9,11-13,18-19,25-26,28-29,40,46H,7-8,10,14-17,20-24H2,1-4H3,(H,41,45)/t26?,28?,29-,38+/m1/s1. The molecule has 0 bridgehead atoms. The van der Waals surface area contributed by atoms with Gasteiger partial charge in [-0.15, -0.1) is 0 Å². The van der Waals surface area contributed by atoms with Gasteiger partial charge in [0.05, 0.1) is 28.9 Å². The van der Waals surface area contributed by atoms with Crippen molar-refractivity contribution < 1.29 is 19.4 Å². The highest BCUT2D eigenvalue weighted by atomic mass is 35.5. The number of para-hydroxylation sites is 1. The van der Waals surface area contributed by atoms with Gasteiger partial charge in [0.25, 0.3) is 0 Å². The maximum absolute atomic E-state index is 13.9. The molecule has 9 heteroatoms. The van der Waals surface area contributed by atoms with Gasteiger partial charge >= 0.3 is 6.09 Å². The molecule has 1 aromatic heterocycles. The number of nitrogens with one attached hydrogen (secondary N) is 2. The molecule has 5 rings (SSSR count). The highest BCUT2D eigenvalue weighted by molar-refractivity contribution is 6.33. The summed E-state index contributed by atoms with van der Waals surface area (Å²) in [6.45, 7) is 6.85. The number of benzene rings is 2.